The number of pyridine rings is 1. The predicted molar refractivity (Wildman–Crippen MR) is 94.6 cm³/mol. The number of furan rings is 1. The highest BCUT2D eigenvalue weighted by Gasteiger charge is 2.18. The van der Waals surface area contributed by atoms with Crippen LogP contribution in [-0.2, 0) is 0 Å². The first kappa shape index (κ1) is 14.8. The molecule has 0 saturated carbocycles. The van der Waals surface area contributed by atoms with Crippen LogP contribution in [-0.4, -0.2) is 24.0 Å². The molecule has 0 spiro atoms. The molecule has 1 saturated heterocycles. The van der Waals surface area contributed by atoms with E-state index >= 15 is 0 Å². The second-order valence-electron chi connectivity index (χ2n) is 6.11. The van der Waals surface area contributed by atoms with E-state index in [0.717, 1.165) is 35.4 Å². The van der Waals surface area contributed by atoms with E-state index in [-0.39, 0.29) is 5.91 Å². The number of carbonyl (C=O) groups is 1. The third-order valence-electron chi connectivity index (χ3n) is 4.49. The summed E-state index contributed by atoms with van der Waals surface area (Å²) in [6.07, 6.45) is 4.13. The Morgan fingerprint density at radius 2 is 1.96 bits per heavy atom. The number of benzene rings is 1. The Balaban J connectivity index is 1.53. The number of fused-ring (bicyclic) bond motifs is 1. The molecular weight excluding hydrogens is 302 g/mol. The summed E-state index contributed by atoms with van der Waals surface area (Å²) in [5.74, 6) is 1.06. The van der Waals surface area contributed by atoms with Crippen LogP contribution in [0.2, 0.25) is 0 Å². The minimum atomic E-state index is -0.251. The maximum absolute atomic E-state index is 12.5. The van der Waals surface area contributed by atoms with E-state index in [4.69, 9.17) is 4.42 Å². The predicted octanol–water partition coefficient (Wildman–Crippen LogP) is 3.99. The molecule has 5 heteroatoms. The SMILES string of the molecule is Cc1c(C(=O)Nc2ccc(N3CCCC3)nc2)oc2ccccc12. The summed E-state index contributed by atoms with van der Waals surface area (Å²) in [7, 11) is 0. The van der Waals surface area contributed by atoms with Crippen molar-refractivity contribution in [3.05, 3.63) is 53.9 Å². The van der Waals surface area contributed by atoms with Gasteiger partial charge in [0.25, 0.3) is 5.91 Å². The number of rotatable bonds is 3. The molecule has 0 radical (unpaired) electrons. The summed E-state index contributed by atoms with van der Waals surface area (Å²) in [4.78, 5) is 19.2. The molecule has 0 atom stereocenters. The Morgan fingerprint density at radius 1 is 1.17 bits per heavy atom. The number of amides is 1. The van der Waals surface area contributed by atoms with E-state index in [0.29, 0.717) is 11.4 Å². The van der Waals surface area contributed by atoms with Crippen molar-refractivity contribution in [3.8, 4) is 0 Å². The van der Waals surface area contributed by atoms with Crippen molar-refractivity contribution in [2.75, 3.05) is 23.3 Å². The van der Waals surface area contributed by atoms with Crippen LogP contribution < -0.4 is 10.2 Å². The van der Waals surface area contributed by atoms with E-state index in [1.54, 1.807) is 6.20 Å². The molecule has 1 amide bonds. The molecule has 1 aromatic carbocycles. The molecule has 5 nitrogen and oxygen atoms in total. The van der Waals surface area contributed by atoms with E-state index in [1.165, 1.54) is 12.8 Å². The highest BCUT2D eigenvalue weighted by atomic mass is 16.3. The van der Waals surface area contributed by atoms with Crippen LogP contribution in [0.25, 0.3) is 11.0 Å². The van der Waals surface area contributed by atoms with Gasteiger partial charge in [-0.2, -0.15) is 0 Å². The van der Waals surface area contributed by atoms with E-state index < -0.39 is 0 Å². The minimum Gasteiger partial charge on any atom is -0.451 e. The highest BCUT2D eigenvalue weighted by molar-refractivity contribution is 6.06. The van der Waals surface area contributed by atoms with Crippen LogP contribution in [0.1, 0.15) is 29.0 Å². The fourth-order valence-electron chi connectivity index (χ4n) is 3.17. The first-order valence-electron chi connectivity index (χ1n) is 8.23. The van der Waals surface area contributed by atoms with Gasteiger partial charge in [0.2, 0.25) is 0 Å². The molecule has 0 unspecified atom stereocenters. The molecule has 3 aromatic rings. The van der Waals surface area contributed by atoms with Gasteiger partial charge in [0, 0.05) is 24.0 Å². The number of anilines is 2. The zero-order valence-electron chi connectivity index (χ0n) is 13.6. The Hall–Kier alpha value is -2.82. The fourth-order valence-corrected chi connectivity index (χ4v) is 3.17. The number of hydrogen-bond acceptors (Lipinski definition) is 4. The van der Waals surface area contributed by atoms with Crippen molar-refractivity contribution in [2.24, 2.45) is 0 Å². The Bertz CT molecular complexity index is 877. The van der Waals surface area contributed by atoms with Gasteiger partial charge in [-0.05, 0) is 38.0 Å². The third-order valence-corrected chi connectivity index (χ3v) is 4.49. The summed E-state index contributed by atoms with van der Waals surface area (Å²) in [6, 6.07) is 11.5. The molecule has 122 valence electrons. The Kier molecular flexibility index (Phi) is 3.69. The van der Waals surface area contributed by atoms with Gasteiger partial charge in [-0.25, -0.2) is 4.98 Å². The van der Waals surface area contributed by atoms with Crippen molar-refractivity contribution < 1.29 is 9.21 Å². The molecule has 1 aliphatic heterocycles. The van der Waals surface area contributed by atoms with Crippen molar-refractivity contribution in [2.45, 2.75) is 19.8 Å². The number of nitrogens with one attached hydrogen (secondary N) is 1. The monoisotopic (exact) mass is 321 g/mol. The van der Waals surface area contributed by atoms with Crippen molar-refractivity contribution in [3.63, 3.8) is 0 Å². The average molecular weight is 321 g/mol. The van der Waals surface area contributed by atoms with Crippen LogP contribution in [0, 0.1) is 6.92 Å². The van der Waals surface area contributed by atoms with Crippen molar-refractivity contribution in [1.29, 1.82) is 0 Å². The third kappa shape index (κ3) is 2.62. The lowest BCUT2D eigenvalue weighted by atomic mass is 10.1. The van der Waals surface area contributed by atoms with Gasteiger partial charge in [-0.1, -0.05) is 18.2 Å². The molecule has 1 fully saturated rings. The van der Waals surface area contributed by atoms with Gasteiger partial charge in [0.15, 0.2) is 5.76 Å². The second-order valence-corrected chi connectivity index (χ2v) is 6.11. The van der Waals surface area contributed by atoms with E-state index in [1.807, 2.05) is 43.3 Å². The quantitative estimate of drug-likeness (QED) is 0.792. The number of aromatic nitrogens is 1. The number of para-hydroxylation sites is 1. The number of aryl methyl sites for hydroxylation is 1. The number of hydrogen-bond donors (Lipinski definition) is 1. The smallest absolute Gasteiger partial charge is 0.291 e. The number of nitrogens with zero attached hydrogens (tertiary/aromatic N) is 2. The summed E-state index contributed by atoms with van der Waals surface area (Å²) in [6.45, 7) is 4.00. The largest absolute Gasteiger partial charge is 0.451 e. The van der Waals surface area contributed by atoms with Gasteiger partial charge in [-0.15, -0.1) is 0 Å². The lowest BCUT2D eigenvalue weighted by Crippen LogP contribution is -2.19. The lowest BCUT2D eigenvalue weighted by molar-refractivity contribution is 0.0998. The molecular formula is C19H19N3O2. The van der Waals surface area contributed by atoms with Gasteiger partial charge >= 0.3 is 0 Å². The van der Waals surface area contributed by atoms with Gasteiger partial charge in [-0.3, -0.25) is 4.79 Å². The molecule has 1 aliphatic rings. The topological polar surface area (TPSA) is 58.4 Å². The molecule has 24 heavy (non-hydrogen) atoms. The lowest BCUT2D eigenvalue weighted by Gasteiger charge is -2.16. The van der Waals surface area contributed by atoms with Crippen LogP contribution in [0.3, 0.4) is 0 Å². The van der Waals surface area contributed by atoms with Gasteiger partial charge < -0.3 is 14.6 Å². The molecule has 1 N–H and O–H groups in total. The van der Waals surface area contributed by atoms with Crippen LogP contribution >= 0.6 is 0 Å². The maximum Gasteiger partial charge on any atom is 0.291 e. The first-order valence-corrected chi connectivity index (χ1v) is 8.23. The van der Waals surface area contributed by atoms with E-state index in [2.05, 4.69) is 15.2 Å². The zero-order valence-corrected chi connectivity index (χ0v) is 13.6. The van der Waals surface area contributed by atoms with Crippen LogP contribution in [0.5, 0.6) is 0 Å². The van der Waals surface area contributed by atoms with Crippen molar-refractivity contribution >= 4 is 28.4 Å². The van der Waals surface area contributed by atoms with Gasteiger partial charge in [0.1, 0.15) is 11.4 Å². The first-order chi connectivity index (χ1) is 11.7. The fraction of sp³-hybridized carbons (Fsp3) is 0.263. The molecule has 0 aliphatic carbocycles. The summed E-state index contributed by atoms with van der Waals surface area (Å²) < 4.78 is 5.70. The minimum absolute atomic E-state index is 0.251. The molecule has 0 bridgehead atoms. The normalized spacial score (nSPS) is 14.3. The molecule has 3 heterocycles. The maximum atomic E-state index is 12.5. The highest BCUT2D eigenvalue weighted by Crippen LogP contribution is 2.26. The average Bonchev–Trinajstić information content (AvgIpc) is 3.24. The van der Waals surface area contributed by atoms with Crippen LogP contribution in [0.4, 0.5) is 11.5 Å². The Labute approximate surface area is 140 Å². The van der Waals surface area contributed by atoms with E-state index in [9.17, 15) is 4.79 Å². The summed E-state index contributed by atoms with van der Waals surface area (Å²) in [5, 5.41) is 3.83. The Morgan fingerprint density at radius 3 is 2.67 bits per heavy atom. The van der Waals surface area contributed by atoms with Gasteiger partial charge in [0.05, 0.1) is 11.9 Å². The summed E-state index contributed by atoms with van der Waals surface area (Å²) in [5.41, 5.74) is 2.25. The standard InChI is InChI=1S/C19H19N3O2/c1-13-15-6-2-3-7-16(15)24-18(13)19(23)21-14-8-9-17(20-12-14)22-10-4-5-11-22/h2-3,6-9,12H,4-5,10-11H2,1H3,(H,21,23). The molecule has 2 aromatic heterocycles. The number of carbonyl (C=O) groups excluding carboxylic acids is 1. The second kappa shape index (κ2) is 6.00. The van der Waals surface area contributed by atoms with Crippen LogP contribution in [0.15, 0.2) is 47.0 Å². The zero-order chi connectivity index (χ0) is 16.5. The summed E-state index contributed by atoms with van der Waals surface area (Å²) >= 11 is 0. The molecule has 4 rings (SSSR count). The van der Waals surface area contributed by atoms with Crippen molar-refractivity contribution in [1.82, 2.24) is 4.98 Å².